The fraction of sp³-hybridized carbons (Fsp3) is 0.833. The lowest BCUT2D eigenvalue weighted by Gasteiger charge is -2.13. The molecule has 3 heteroatoms. The van der Waals surface area contributed by atoms with E-state index in [9.17, 15) is 9.90 Å². The third-order valence-electron chi connectivity index (χ3n) is 3.32. The van der Waals surface area contributed by atoms with E-state index in [2.05, 4.69) is 19.1 Å². The topological polar surface area (TPSA) is 46.5 Å². The predicted octanol–water partition coefficient (Wildman–Crippen LogP) is 4.63. The SMILES string of the molecule is CCCCC/C=C\CCCCC(=O)OCC(O)CC(C)C. The summed E-state index contributed by atoms with van der Waals surface area (Å²) in [4.78, 5) is 11.5. The average Bonchev–Trinajstić information content (AvgIpc) is 2.42. The van der Waals surface area contributed by atoms with Gasteiger partial charge in [0.1, 0.15) is 6.61 Å². The molecule has 21 heavy (non-hydrogen) atoms. The zero-order chi connectivity index (χ0) is 15.9. The van der Waals surface area contributed by atoms with E-state index in [-0.39, 0.29) is 12.6 Å². The lowest BCUT2D eigenvalue weighted by Crippen LogP contribution is -2.20. The van der Waals surface area contributed by atoms with Crippen molar-refractivity contribution in [1.82, 2.24) is 0 Å². The normalized spacial score (nSPS) is 13.0. The number of hydrogen-bond acceptors (Lipinski definition) is 3. The number of carbonyl (C=O) groups is 1. The smallest absolute Gasteiger partial charge is 0.305 e. The number of rotatable bonds is 13. The third-order valence-corrected chi connectivity index (χ3v) is 3.32. The molecule has 0 aliphatic rings. The van der Waals surface area contributed by atoms with Crippen LogP contribution in [0.5, 0.6) is 0 Å². The molecule has 0 heterocycles. The number of aliphatic hydroxyl groups excluding tert-OH is 1. The number of allylic oxidation sites excluding steroid dienone is 2. The molecule has 0 aromatic carbocycles. The fourth-order valence-electron chi connectivity index (χ4n) is 2.15. The van der Waals surface area contributed by atoms with E-state index in [1.54, 1.807) is 0 Å². The van der Waals surface area contributed by atoms with Crippen LogP contribution in [0.3, 0.4) is 0 Å². The molecule has 0 radical (unpaired) electrons. The van der Waals surface area contributed by atoms with Crippen LogP contribution in [0, 0.1) is 5.92 Å². The van der Waals surface area contributed by atoms with Crippen LogP contribution in [0.2, 0.25) is 0 Å². The van der Waals surface area contributed by atoms with Crippen LogP contribution < -0.4 is 0 Å². The summed E-state index contributed by atoms with van der Waals surface area (Å²) in [5.74, 6) is 0.229. The molecule has 0 saturated heterocycles. The highest BCUT2D eigenvalue weighted by Crippen LogP contribution is 2.07. The van der Waals surface area contributed by atoms with Crippen LogP contribution in [-0.2, 0) is 9.53 Å². The largest absolute Gasteiger partial charge is 0.463 e. The van der Waals surface area contributed by atoms with E-state index in [1.165, 1.54) is 25.7 Å². The number of carbonyl (C=O) groups excluding carboxylic acids is 1. The highest BCUT2D eigenvalue weighted by molar-refractivity contribution is 5.69. The Kier molecular flexibility index (Phi) is 13.6. The van der Waals surface area contributed by atoms with Crippen LogP contribution in [-0.4, -0.2) is 23.8 Å². The second-order valence-corrected chi connectivity index (χ2v) is 6.18. The standard InChI is InChI=1S/C18H34O3/c1-4-5-6-7-8-9-10-11-12-13-18(20)21-15-17(19)14-16(2)3/h8-9,16-17,19H,4-7,10-15H2,1-3H3/b9-8-. The van der Waals surface area contributed by atoms with Gasteiger partial charge < -0.3 is 9.84 Å². The molecule has 1 atom stereocenters. The Hall–Kier alpha value is -0.830. The van der Waals surface area contributed by atoms with Gasteiger partial charge in [0.2, 0.25) is 0 Å². The number of ether oxygens (including phenoxy) is 1. The van der Waals surface area contributed by atoms with Gasteiger partial charge in [-0.1, -0.05) is 45.8 Å². The first-order chi connectivity index (χ1) is 10.1. The van der Waals surface area contributed by atoms with Gasteiger partial charge in [0.05, 0.1) is 6.10 Å². The van der Waals surface area contributed by atoms with Crippen molar-refractivity contribution >= 4 is 5.97 Å². The summed E-state index contributed by atoms with van der Waals surface area (Å²) in [6.07, 6.45) is 13.0. The number of hydrogen-bond donors (Lipinski definition) is 1. The van der Waals surface area contributed by atoms with Crippen molar-refractivity contribution < 1.29 is 14.6 Å². The Morgan fingerprint density at radius 2 is 1.71 bits per heavy atom. The quantitative estimate of drug-likeness (QED) is 0.306. The van der Waals surface area contributed by atoms with Gasteiger partial charge in [-0.2, -0.15) is 0 Å². The van der Waals surface area contributed by atoms with Gasteiger partial charge in [-0.15, -0.1) is 0 Å². The molecule has 0 spiro atoms. The second-order valence-electron chi connectivity index (χ2n) is 6.18. The number of esters is 1. The summed E-state index contributed by atoms with van der Waals surface area (Å²) in [5, 5.41) is 9.61. The summed E-state index contributed by atoms with van der Waals surface area (Å²) in [6, 6.07) is 0. The lowest BCUT2D eigenvalue weighted by atomic mass is 10.1. The van der Waals surface area contributed by atoms with Gasteiger partial charge in [-0.25, -0.2) is 0 Å². The predicted molar refractivity (Wildman–Crippen MR) is 88.2 cm³/mol. The molecule has 0 rings (SSSR count). The summed E-state index contributed by atoms with van der Waals surface area (Å²) in [7, 11) is 0. The Morgan fingerprint density at radius 1 is 1.10 bits per heavy atom. The molecule has 1 N–H and O–H groups in total. The minimum Gasteiger partial charge on any atom is -0.463 e. The molecule has 0 fully saturated rings. The molecule has 0 aromatic heterocycles. The molecule has 0 saturated carbocycles. The average molecular weight is 298 g/mol. The molecule has 0 aliphatic heterocycles. The van der Waals surface area contributed by atoms with E-state index in [0.29, 0.717) is 18.8 Å². The van der Waals surface area contributed by atoms with Crippen LogP contribution in [0.1, 0.15) is 78.6 Å². The molecular formula is C18H34O3. The van der Waals surface area contributed by atoms with E-state index in [4.69, 9.17) is 4.74 Å². The number of unbranched alkanes of at least 4 members (excludes halogenated alkanes) is 5. The zero-order valence-corrected chi connectivity index (χ0v) is 14.1. The van der Waals surface area contributed by atoms with Gasteiger partial charge in [0.15, 0.2) is 0 Å². The molecular weight excluding hydrogens is 264 g/mol. The highest BCUT2D eigenvalue weighted by atomic mass is 16.5. The molecule has 3 nitrogen and oxygen atoms in total. The van der Waals surface area contributed by atoms with Gasteiger partial charge in [0, 0.05) is 6.42 Å². The van der Waals surface area contributed by atoms with E-state index >= 15 is 0 Å². The van der Waals surface area contributed by atoms with E-state index in [0.717, 1.165) is 19.3 Å². The maximum absolute atomic E-state index is 11.5. The maximum atomic E-state index is 11.5. The minimum atomic E-state index is -0.528. The zero-order valence-electron chi connectivity index (χ0n) is 14.1. The van der Waals surface area contributed by atoms with Crippen molar-refractivity contribution in [2.24, 2.45) is 5.92 Å². The van der Waals surface area contributed by atoms with Gasteiger partial charge >= 0.3 is 5.97 Å². The first-order valence-corrected chi connectivity index (χ1v) is 8.55. The summed E-state index contributed by atoms with van der Waals surface area (Å²) < 4.78 is 5.07. The van der Waals surface area contributed by atoms with Crippen molar-refractivity contribution in [2.45, 2.75) is 84.7 Å². The summed E-state index contributed by atoms with van der Waals surface area (Å²) >= 11 is 0. The Labute approximate surface area is 130 Å². The van der Waals surface area contributed by atoms with Crippen molar-refractivity contribution in [1.29, 1.82) is 0 Å². The van der Waals surface area contributed by atoms with Crippen molar-refractivity contribution in [3.05, 3.63) is 12.2 Å². The molecule has 1 unspecified atom stereocenters. The van der Waals surface area contributed by atoms with Crippen molar-refractivity contribution in [2.75, 3.05) is 6.61 Å². The lowest BCUT2D eigenvalue weighted by molar-refractivity contribution is -0.147. The Morgan fingerprint density at radius 3 is 2.29 bits per heavy atom. The molecule has 124 valence electrons. The van der Waals surface area contributed by atoms with Crippen LogP contribution >= 0.6 is 0 Å². The molecule has 0 bridgehead atoms. The number of aliphatic hydroxyl groups is 1. The van der Waals surface area contributed by atoms with Gasteiger partial charge in [-0.3, -0.25) is 4.79 Å². The first kappa shape index (κ1) is 20.2. The van der Waals surface area contributed by atoms with Crippen LogP contribution in [0.15, 0.2) is 12.2 Å². The van der Waals surface area contributed by atoms with Gasteiger partial charge in [0.25, 0.3) is 0 Å². The maximum Gasteiger partial charge on any atom is 0.305 e. The van der Waals surface area contributed by atoms with Crippen LogP contribution in [0.4, 0.5) is 0 Å². The third kappa shape index (κ3) is 15.4. The highest BCUT2D eigenvalue weighted by Gasteiger charge is 2.10. The monoisotopic (exact) mass is 298 g/mol. The minimum absolute atomic E-state index is 0.133. The summed E-state index contributed by atoms with van der Waals surface area (Å²) in [6.45, 7) is 6.43. The van der Waals surface area contributed by atoms with Crippen molar-refractivity contribution in [3.8, 4) is 0 Å². The van der Waals surface area contributed by atoms with E-state index in [1.807, 2.05) is 13.8 Å². The Bertz CT molecular complexity index is 272. The fourth-order valence-corrected chi connectivity index (χ4v) is 2.15. The van der Waals surface area contributed by atoms with E-state index < -0.39 is 6.10 Å². The Balaban J connectivity index is 3.41. The summed E-state index contributed by atoms with van der Waals surface area (Å²) in [5.41, 5.74) is 0. The van der Waals surface area contributed by atoms with Gasteiger partial charge in [-0.05, 0) is 44.4 Å². The first-order valence-electron chi connectivity index (χ1n) is 8.55. The van der Waals surface area contributed by atoms with Crippen LogP contribution in [0.25, 0.3) is 0 Å². The second kappa shape index (κ2) is 14.1. The molecule has 0 amide bonds. The molecule has 0 aliphatic carbocycles. The molecule has 0 aromatic rings. The van der Waals surface area contributed by atoms with Crippen molar-refractivity contribution in [3.63, 3.8) is 0 Å².